The van der Waals surface area contributed by atoms with E-state index < -0.39 is 17.3 Å². The molecule has 168 valence electrons. The average molecular weight is 479 g/mol. The number of benzene rings is 1. The van der Waals surface area contributed by atoms with Crippen molar-refractivity contribution in [3.8, 4) is 0 Å². The van der Waals surface area contributed by atoms with Crippen molar-refractivity contribution in [3.63, 3.8) is 0 Å². The fourth-order valence-electron chi connectivity index (χ4n) is 3.56. The van der Waals surface area contributed by atoms with Crippen molar-refractivity contribution in [1.29, 1.82) is 0 Å². The number of aromatic nitrogens is 3. The third-order valence-corrected chi connectivity index (χ3v) is 6.60. The van der Waals surface area contributed by atoms with E-state index in [0.29, 0.717) is 41.4 Å². The molecular formula is C20H20ClFN6O3S. The number of hydrogen-bond acceptors (Lipinski definition) is 7. The standard InChI is InChI=1S/C20H20ClFN6O3S/c1-23-18(30)11-4-6-27(7-5-11)20-26-17-16(32-20)19(31)28(10-24-17)9-15(29)25-14-3-2-12(21)8-13(14)22/h2-3,8,10-11H,4-7,9H2,1H3,(H,23,30)(H,25,29). The maximum atomic E-state index is 13.9. The summed E-state index contributed by atoms with van der Waals surface area (Å²) in [5.41, 5.74) is -0.115. The Hall–Kier alpha value is -3.05. The number of nitrogens with one attached hydrogen (secondary N) is 2. The molecule has 0 unspecified atom stereocenters. The number of hydrogen-bond donors (Lipinski definition) is 2. The van der Waals surface area contributed by atoms with Crippen LogP contribution < -0.4 is 21.1 Å². The number of nitrogens with zero attached hydrogens (tertiary/aromatic N) is 4. The van der Waals surface area contributed by atoms with Gasteiger partial charge in [0.2, 0.25) is 11.8 Å². The van der Waals surface area contributed by atoms with Crippen LogP contribution in [0, 0.1) is 11.7 Å². The van der Waals surface area contributed by atoms with Crippen molar-refractivity contribution in [1.82, 2.24) is 19.9 Å². The normalized spacial score (nSPS) is 14.5. The molecular weight excluding hydrogens is 459 g/mol. The van der Waals surface area contributed by atoms with Gasteiger partial charge in [-0.1, -0.05) is 22.9 Å². The average Bonchev–Trinajstić information content (AvgIpc) is 3.22. The Morgan fingerprint density at radius 3 is 2.75 bits per heavy atom. The number of carbonyl (C=O) groups is 2. The van der Waals surface area contributed by atoms with E-state index in [0.717, 1.165) is 10.6 Å². The minimum Gasteiger partial charge on any atom is -0.359 e. The zero-order chi connectivity index (χ0) is 22.8. The molecule has 0 saturated carbocycles. The number of halogens is 2. The summed E-state index contributed by atoms with van der Waals surface area (Å²) in [6.45, 7) is 0.983. The number of thiazole rings is 1. The fourth-order valence-corrected chi connectivity index (χ4v) is 4.73. The smallest absolute Gasteiger partial charge is 0.273 e. The Bertz CT molecular complexity index is 1240. The Balaban J connectivity index is 1.48. The first kappa shape index (κ1) is 22.2. The van der Waals surface area contributed by atoms with Crippen molar-refractivity contribution >= 4 is 55.9 Å². The summed E-state index contributed by atoms with van der Waals surface area (Å²) < 4.78 is 15.4. The van der Waals surface area contributed by atoms with Gasteiger partial charge in [0, 0.05) is 31.1 Å². The van der Waals surface area contributed by atoms with Crippen molar-refractivity contribution in [3.05, 3.63) is 45.7 Å². The summed E-state index contributed by atoms with van der Waals surface area (Å²) in [6, 6.07) is 3.90. The molecule has 0 radical (unpaired) electrons. The largest absolute Gasteiger partial charge is 0.359 e. The van der Waals surface area contributed by atoms with E-state index in [9.17, 15) is 18.8 Å². The molecule has 1 aliphatic rings. The van der Waals surface area contributed by atoms with Gasteiger partial charge in [0.05, 0.1) is 5.69 Å². The molecule has 0 spiro atoms. The van der Waals surface area contributed by atoms with Gasteiger partial charge in [0.15, 0.2) is 10.8 Å². The van der Waals surface area contributed by atoms with Gasteiger partial charge in [-0.05, 0) is 31.0 Å². The summed E-state index contributed by atoms with van der Waals surface area (Å²) in [5, 5.41) is 5.97. The molecule has 1 aromatic carbocycles. The fraction of sp³-hybridized carbons (Fsp3) is 0.350. The molecule has 0 aliphatic carbocycles. The number of carbonyl (C=O) groups excluding carboxylic acids is 2. The van der Waals surface area contributed by atoms with Crippen LogP contribution in [-0.2, 0) is 16.1 Å². The highest BCUT2D eigenvalue weighted by molar-refractivity contribution is 7.22. The van der Waals surface area contributed by atoms with E-state index in [1.807, 2.05) is 4.90 Å². The molecule has 3 aromatic rings. The molecule has 12 heteroatoms. The van der Waals surface area contributed by atoms with Crippen LogP contribution in [0.1, 0.15) is 12.8 Å². The molecule has 3 heterocycles. The minimum atomic E-state index is -0.668. The van der Waals surface area contributed by atoms with Crippen LogP contribution in [0.15, 0.2) is 29.3 Å². The van der Waals surface area contributed by atoms with Gasteiger partial charge in [0.25, 0.3) is 5.56 Å². The van der Waals surface area contributed by atoms with Crippen molar-refractivity contribution < 1.29 is 14.0 Å². The minimum absolute atomic E-state index is 0.0232. The van der Waals surface area contributed by atoms with Gasteiger partial charge in [-0.15, -0.1) is 0 Å². The number of piperidine rings is 1. The lowest BCUT2D eigenvalue weighted by molar-refractivity contribution is -0.125. The highest BCUT2D eigenvalue weighted by atomic mass is 35.5. The van der Waals surface area contributed by atoms with Gasteiger partial charge < -0.3 is 15.5 Å². The lowest BCUT2D eigenvalue weighted by Crippen LogP contribution is -2.39. The van der Waals surface area contributed by atoms with Gasteiger partial charge in [-0.2, -0.15) is 4.98 Å². The Labute approximate surface area is 191 Å². The summed E-state index contributed by atoms with van der Waals surface area (Å²) >= 11 is 6.92. The predicted molar refractivity (Wildman–Crippen MR) is 121 cm³/mol. The van der Waals surface area contributed by atoms with Crippen LogP contribution in [0.2, 0.25) is 5.02 Å². The Morgan fingerprint density at radius 2 is 2.06 bits per heavy atom. The lowest BCUT2D eigenvalue weighted by Gasteiger charge is -2.30. The molecule has 32 heavy (non-hydrogen) atoms. The SMILES string of the molecule is CNC(=O)C1CCN(c2nc3ncn(CC(=O)Nc4ccc(Cl)cc4F)c(=O)c3s2)CC1. The van der Waals surface area contributed by atoms with Crippen LogP contribution >= 0.6 is 22.9 Å². The molecule has 9 nitrogen and oxygen atoms in total. The molecule has 2 amide bonds. The van der Waals surface area contributed by atoms with E-state index in [1.165, 1.54) is 29.8 Å². The molecule has 4 rings (SSSR count). The van der Waals surface area contributed by atoms with Gasteiger partial charge in [-0.3, -0.25) is 19.0 Å². The predicted octanol–water partition coefficient (Wildman–Crippen LogP) is 2.25. The quantitative estimate of drug-likeness (QED) is 0.582. The zero-order valence-corrected chi connectivity index (χ0v) is 18.7. The number of rotatable bonds is 5. The number of amides is 2. The first-order chi connectivity index (χ1) is 15.4. The van der Waals surface area contributed by atoms with Crippen LogP contribution in [0.25, 0.3) is 10.3 Å². The highest BCUT2D eigenvalue weighted by Crippen LogP contribution is 2.29. The summed E-state index contributed by atoms with van der Waals surface area (Å²) in [7, 11) is 1.63. The molecule has 2 aromatic heterocycles. The van der Waals surface area contributed by atoms with E-state index in [2.05, 4.69) is 20.6 Å². The first-order valence-electron chi connectivity index (χ1n) is 9.93. The van der Waals surface area contributed by atoms with Gasteiger partial charge >= 0.3 is 0 Å². The van der Waals surface area contributed by atoms with E-state index >= 15 is 0 Å². The molecule has 2 N–H and O–H groups in total. The second-order valence-electron chi connectivity index (χ2n) is 7.37. The molecule has 0 atom stereocenters. The third kappa shape index (κ3) is 4.58. The topological polar surface area (TPSA) is 109 Å². The number of fused-ring (bicyclic) bond motifs is 1. The second-order valence-corrected chi connectivity index (χ2v) is 8.79. The van der Waals surface area contributed by atoms with E-state index in [-0.39, 0.29) is 29.1 Å². The maximum Gasteiger partial charge on any atom is 0.273 e. The van der Waals surface area contributed by atoms with E-state index in [1.54, 1.807) is 7.05 Å². The summed E-state index contributed by atoms with van der Waals surface area (Å²) in [4.78, 5) is 47.7. The van der Waals surface area contributed by atoms with Crippen LogP contribution in [-0.4, -0.2) is 46.5 Å². The third-order valence-electron chi connectivity index (χ3n) is 5.27. The van der Waals surface area contributed by atoms with E-state index in [4.69, 9.17) is 11.6 Å². The summed E-state index contributed by atoms with van der Waals surface area (Å²) in [6.07, 6.45) is 2.66. The van der Waals surface area contributed by atoms with Gasteiger partial charge in [0.1, 0.15) is 23.4 Å². The second kappa shape index (κ2) is 9.21. The van der Waals surface area contributed by atoms with Crippen LogP contribution in [0.4, 0.5) is 15.2 Å². The zero-order valence-electron chi connectivity index (χ0n) is 17.1. The Kier molecular flexibility index (Phi) is 6.38. The van der Waals surface area contributed by atoms with Crippen molar-refractivity contribution in [2.75, 3.05) is 30.4 Å². The lowest BCUT2D eigenvalue weighted by atomic mass is 9.96. The van der Waals surface area contributed by atoms with Crippen molar-refractivity contribution in [2.45, 2.75) is 19.4 Å². The van der Waals surface area contributed by atoms with Gasteiger partial charge in [-0.25, -0.2) is 9.37 Å². The van der Waals surface area contributed by atoms with Crippen LogP contribution in [0.5, 0.6) is 0 Å². The maximum absolute atomic E-state index is 13.9. The number of anilines is 2. The molecule has 0 bridgehead atoms. The summed E-state index contributed by atoms with van der Waals surface area (Å²) in [5.74, 6) is -1.23. The molecule has 1 saturated heterocycles. The van der Waals surface area contributed by atoms with Crippen LogP contribution in [0.3, 0.4) is 0 Å². The molecule has 1 aliphatic heterocycles. The molecule has 1 fully saturated rings. The van der Waals surface area contributed by atoms with Crippen molar-refractivity contribution in [2.24, 2.45) is 5.92 Å². The monoisotopic (exact) mass is 478 g/mol. The highest BCUT2D eigenvalue weighted by Gasteiger charge is 2.26. The Morgan fingerprint density at radius 1 is 1.31 bits per heavy atom. The first-order valence-corrected chi connectivity index (χ1v) is 11.1.